The summed E-state index contributed by atoms with van der Waals surface area (Å²) >= 11 is 0. The van der Waals surface area contributed by atoms with Crippen LogP contribution in [0.5, 0.6) is 0 Å². The van der Waals surface area contributed by atoms with Gasteiger partial charge in [0.15, 0.2) is 0 Å². The van der Waals surface area contributed by atoms with Gasteiger partial charge in [0.2, 0.25) is 0 Å². The van der Waals surface area contributed by atoms with Gasteiger partial charge in [-0.3, -0.25) is 0 Å². The molecule has 3 rings (SSSR count). The van der Waals surface area contributed by atoms with E-state index < -0.39 is 5.60 Å². The minimum atomic E-state index is -0.455. The first-order valence-electron chi connectivity index (χ1n) is 7.32. The van der Waals surface area contributed by atoms with Crippen LogP contribution in [-0.4, -0.2) is 41.4 Å². The van der Waals surface area contributed by atoms with Gasteiger partial charge in [-0.2, -0.15) is 0 Å². The predicted molar refractivity (Wildman–Crippen MR) is 73.9 cm³/mol. The maximum absolute atomic E-state index is 12.2. The second kappa shape index (κ2) is 4.65. The minimum absolute atomic E-state index is 0.0652. The Kier molecular flexibility index (Phi) is 3.58. The van der Waals surface area contributed by atoms with Gasteiger partial charge >= 0.3 is 6.09 Å². The van der Waals surface area contributed by atoms with E-state index in [1.54, 1.807) is 0 Å². The Balaban J connectivity index is 2.05. The summed E-state index contributed by atoms with van der Waals surface area (Å²) in [6, 6.07) is 0. The van der Waals surface area contributed by atoms with E-state index in [2.05, 4.69) is 6.92 Å². The third-order valence-electron chi connectivity index (χ3n) is 4.32. The molecule has 3 fully saturated rings. The highest BCUT2D eigenvalue weighted by Crippen LogP contribution is 2.60. The Morgan fingerprint density at radius 3 is 2.32 bits per heavy atom. The number of aliphatic hydroxyl groups is 1. The molecule has 0 spiro atoms. The number of amides is 1. The fourth-order valence-electron chi connectivity index (χ4n) is 4.03. The molecule has 2 saturated heterocycles. The summed E-state index contributed by atoms with van der Waals surface area (Å²) in [5.74, 6) is 0. The minimum Gasteiger partial charge on any atom is -0.444 e. The molecule has 1 amide bonds. The third-order valence-corrected chi connectivity index (χ3v) is 4.32. The number of carbonyl (C=O) groups is 1. The molecular weight excluding hydrogens is 242 g/mol. The highest BCUT2D eigenvalue weighted by atomic mass is 16.6. The molecular formula is C15H27NO3. The van der Waals surface area contributed by atoms with E-state index in [0.29, 0.717) is 6.54 Å². The second-order valence-electron chi connectivity index (χ2n) is 7.60. The molecule has 0 unspecified atom stereocenters. The zero-order valence-corrected chi connectivity index (χ0v) is 12.7. The molecule has 0 aromatic carbocycles. The lowest BCUT2D eigenvalue weighted by Crippen LogP contribution is -2.65. The van der Waals surface area contributed by atoms with Gasteiger partial charge in [0.1, 0.15) is 5.60 Å². The van der Waals surface area contributed by atoms with Crippen LogP contribution >= 0.6 is 0 Å². The molecule has 4 heteroatoms. The summed E-state index contributed by atoms with van der Waals surface area (Å²) < 4.78 is 5.46. The van der Waals surface area contributed by atoms with Crippen molar-refractivity contribution in [2.75, 3.05) is 19.7 Å². The summed E-state index contributed by atoms with van der Waals surface area (Å²) in [5, 5.41) is 9.62. The summed E-state index contributed by atoms with van der Waals surface area (Å²) in [5.41, 5.74) is -0.292. The average molecular weight is 269 g/mol. The number of rotatable bonds is 3. The first-order chi connectivity index (χ1) is 8.73. The Morgan fingerprint density at radius 1 is 1.26 bits per heavy atom. The lowest BCUT2D eigenvalue weighted by molar-refractivity contribution is -0.155. The number of carbonyl (C=O) groups excluding carboxylic acids is 1. The number of ether oxygens (including phenoxy) is 1. The SMILES string of the molecule is CCCC12CN(C(=O)OC(C)(C)C)CC(CO)(C1)C2. The van der Waals surface area contributed by atoms with Crippen molar-refractivity contribution in [1.29, 1.82) is 0 Å². The molecule has 110 valence electrons. The normalized spacial score (nSPS) is 33.8. The highest BCUT2D eigenvalue weighted by Gasteiger charge is 2.59. The molecule has 0 atom stereocenters. The van der Waals surface area contributed by atoms with E-state index in [-0.39, 0.29) is 23.5 Å². The lowest BCUT2D eigenvalue weighted by atomic mass is 9.49. The molecule has 2 bridgehead atoms. The highest BCUT2D eigenvalue weighted by molar-refractivity contribution is 5.68. The van der Waals surface area contributed by atoms with Crippen molar-refractivity contribution in [2.45, 2.75) is 59.0 Å². The summed E-state index contributed by atoms with van der Waals surface area (Å²) in [6.45, 7) is 9.46. The topological polar surface area (TPSA) is 49.8 Å². The maximum Gasteiger partial charge on any atom is 0.410 e. The van der Waals surface area contributed by atoms with Gasteiger partial charge < -0.3 is 14.7 Å². The quantitative estimate of drug-likeness (QED) is 0.857. The van der Waals surface area contributed by atoms with E-state index >= 15 is 0 Å². The van der Waals surface area contributed by atoms with Crippen LogP contribution in [0.3, 0.4) is 0 Å². The van der Waals surface area contributed by atoms with Crippen molar-refractivity contribution in [2.24, 2.45) is 10.8 Å². The van der Waals surface area contributed by atoms with Crippen LogP contribution in [0, 0.1) is 10.8 Å². The van der Waals surface area contributed by atoms with Crippen LogP contribution in [0.15, 0.2) is 0 Å². The Labute approximate surface area is 116 Å². The monoisotopic (exact) mass is 269 g/mol. The van der Waals surface area contributed by atoms with Crippen molar-refractivity contribution < 1.29 is 14.6 Å². The van der Waals surface area contributed by atoms with E-state index in [4.69, 9.17) is 4.74 Å². The number of hydrogen-bond acceptors (Lipinski definition) is 3. The zero-order chi connectivity index (χ0) is 14.3. The van der Waals surface area contributed by atoms with Gasteiger partial charge in [0, 0.05) is 18.5 Å². The van der Waals surface area contributed by atoms with Crippen molar-refractivity contribution >= 4 is 6.09 Å². The van der Waals surface area contributed by atoms with E-state index in [1.165, 1.54) is 0 Å². The van der Waals surface area contributed by atoms with Crippen molar-refractivity contribution in [3.8, 4) is 0 Å². The van der Waals surface area contributed by atoms with Crippen LogP contribution in [-0.2, 0) is 4.74 Å². The van der Waals surface area contributed by atoms with Crippen molar-refractivity contribution in [3.05, 3.63) is 0 Å². The van der Waals surface area contributed by atoms with Gasteiger partial charge in [-0.1, -0.05) is 13.3 Å². The predicted octanol–water partition coefficient (Wildman–Crippen LogP) is 2.80. The number of piperidine rings is 2. The molecule has 0 aromatic rings. The maximum atomic E-state index is 12.2. The van der Waals surface area contributed by atoms with Gasteiger partial charge in [-0.05, 0) is 45.4 Å². The second-order valence-corrected chi connectivity index (χ2v) is 7.60. The van der Waals surface area contributed by atoms with Crippen molar-refractivity contribution in [3.63, 3.8) is 0 Å². The largest absolute Gasteiger partial charge is 0.444 e. The number of nitrogens with zero attached hydrogens (tertiary/aromatic N) is 1. The first-order valence-corrected chi connectivity index (χ1v) is 7.32. The molecule has 1 N–H and O–H groups in total. The van der Waals surface area contributed by atoms with Crippen LogP contribution in [0.1, 0.15) is 53.4 Å². The lowest BCUT2D eigenvalue weighted by Gasteiger charge is -2.63. The smallest absolute Gasteiger partial charge is 0.410 e. The molecule has 1 aliphatic carbocycles. The summed E-state index contributed by atoms with van der Waals surface area (Å²) in [4.78, 5) is 14.0. The number of aliphatic hydroxyl groups excluding tert-OH is 1. The van der Waals surface area contributed by atoms with Gasteiger partial charge in [0.05, 0.1) is 6.61 Å². The number of fused-ring (bicyclic) bond motifs is 2. The van der Waals surface area contributed by atoms with Gasteiger partial charge in [0.25, 0.3) is 0 Å². The molecule has 2 aliphatic heterocycles. The van der Waals surface area contributed by atoms with Gasteiger partial charge in [-0.25, -0.2) is 4.79 Å². The molecule has 0 radical (unpaired) electrons. The first kappa shape index (κ1) is 14.6. The fraction of sp³-hybridized carbons (Fsp3) is 0.933. The molecule has 4 nitrogen and oxygen atoms in total. The van der Waals surface area contributed by atoms with Crippen LogP contribution in [0.2, 0.25) is 0 Å². The molecule has 3 aliphatic rings. The molecule has 19 heavy (non-hydrogen) atoms. The number of hydrogen-bond donors (Lipinski definition) is 1. The van der Waals surface area contributed by atoms with E-state index in [9.17, 15) is 9.90 Å². The molecule has 0 aromatic heterocycles. The Morgan fingerprint density at radius 2 is 1.84 bits per heavy atom. The standard InChI is InChI=1S/C15H27NO3/c1-5-6-14-7-15(8-14,11-17)10-16(9-14)12(18)19-13(2,3)4/h17H,5-11H2,1-4H3. The molecule has 1 saturated carbocycles. The summed E-state index contributed by atoms with van der Waals surface area (Å²) in [7, 11) is 0. The van der Waals surface area contributed by atoms with E-state index in [1.807, 2.05) is 25.7 Å². The van der Waals surface area contributed by atoms with Gasteiger partial charge in [-0.15, -0.1) is 0 Å². The third kappa shape index (κ3) is 2.88. The Hall–Kier alpha value is -0.770. The van der Waals surface area contributed by atoms with Crippen LogP contribution in [0.4, 0.5) is 4.79 Å². The Bertz CT molecular complexity index is 353. The van der Waals surface area contributed by atoms with Crippen LogP contribution < -0.4 is 0 Å². The summed E-state index contributed by atoms with van der Waals surface area (Å²) in [6.07, 6.45) is 4.15. The molecule has 2 heterocycles. The zero-order valence-electron chi connectivity index (χ0n) is 12.7. The van der Waals surface area contributed by atoms with Crippen molar-refractivity contribution in [1.82, 2.24) is 4.90 Å². The fourth-order valence-corrected chi connectivity index (χ4v) is 4.03. The van der Waals surface area contributed by atoms with E-state index in [0.717, 1.165) is 32.2 Å². The van der Waals surface area contributed by atoms with Crippen LogP contribution in [0.25, 0.3) is 0 Å². The average Bonchev–Trinajstić information content (AvgIpc) is 2.25.